The molecule has 2 N–H and O–H groups in total. The molecule has 23 heavy (non-hydrogen) atoms. The molecule has 6 nitrogen and oxygen atoms in total. The molecule has 2 atom stereocenters. The van der Waals surface area contributed by atoms with Gasteiger partial charge in [0.2, 0.25) is 0 Å². The standard InChI is InChI=1S/C17H26N4O2/c1-6-12(18-4)15-16(20-14(11(2)3)17(22)23-5)21-10-8-7-9-13(21)19-15/h7-12,14,18,20H,6H2,1-5H3. The van der Waals surface area contributed by atoms with Crippen LogP contribution >= 0.6 is 0 Å². The number of hydrogen-bond acceptors (Lipinski definition) is 5. The van der Waals surface area contributed by atoms with Crippen LogP contribution in [0.5, 0.6) is 0 Å². The zero-order chi connectivity index (χ0) is 17.0. The summed E-state index contributed by atoms with van der Waals surface area (Å²) in [7, 11) is 3.33. The van der Waals surface area contributed by atoms with Crippen molar-refractivity contribution in [2.24, 2.45) is 5.92 Å². The van der Waals surface area contributed by atoms with E-state index in [2.05, 4.69) is 17.6 Å². The summed E-state index contributed by atoms with van der Waals surface area (Å²) in [4.78, 5) is 16.8. The molecule has 2 aromatic rings. The summed E-state index contributed by atoms with van der Waals surface area (Å²) in [6, 6.07) is 5.55. The summed E-state index contributed by atoms with van der Waals surface area (Å²) < 4.78 is 6.92. The summed E-state index contributed by atoms with van der Waals surface area (Å²) in [5, 5.41) is 6.64. The number of methoxy groups -OCH3 is 1. The van der Waals surface area contributed by atoms with Crippen LogP contribution in [0.4, 0.5) is 5.82 Å². The minimum absolute atomic E-state index is 0.0965. The van der Waals surface area contributed by atoms with Crippen LogP contribution in [0.25, 0.3) is 5.65 Å². The fourth-order valence-electron chi connectivity index (χ4n) is 2.71. The summed E-state index contributed by atoms with van der Waals surface area (Å²) in [5.74, 6) is 0.666. The van der Waals surface area contributed by atoms with Gasteiger partial charge < -0.3 is 15.4 Å². The zero-order valence-electron chi connectivity index (χ0n) is 14.5. The van der Waals surface area contributed by atoms with Crippen molar-refractivity contribution < 1.29 is 9.53 Å². The van der Waals surface area contributed by atoms with E-state index < -0.39 is 6.04 Å². The van der Waals surface area contributed by atoms with E-state index >= 15 is 0 Å². The van der Waals surface area contributed by atoms with Gasteiger partial charge in [0.15, 0.2) is 0 Å². The molecule has 0 aliphatic heterocycles. The molecule has 6 heteroatoms. The first-order chi connectivity index (χ1) is 11.0. The molecule has 2 unspecified atom stereocenters. The third-order valence-electron chi connectivity index (χ3n) is 4.06. The molecule has 2 aromatic heterocycles. The molecule has 0 fully saturated rings. The Morgan fingerprint density at radius 1 is 1.39 bits per heavy atom. The van der Waals surface area contributed by atoms with Crippen molar-refractivity contribution in [3.63, 3.8) is 0 Å². The molecule has 126 valence electrons. The fraction of sp³-hybridized carbons (Fsp3) is 0.529. The Balaban J connectivity index is 2.52. The van der Waals surface area contributed by atoms with Crippen LogP contribution in [0.1, 0.15) is 38.9 Å². The molecule has 0 amide bonds. The van der Waals surface area contributed by atoms with Crippen molar-refractivity contribution in [3.8, 4) is 0 Å². The number of nitrogens with zero attached hydrogens (tertiary/aromatic N) is 2. The van der Waals surface area contributed by atoms with Crippen molar-refractivity contribution in [2.75, 3.05) is 19.5 Å². The Morgan fingerprint density at radius 3 is 2.70 bits per heavy atom. The lowest BCUT2D eigenvalue weighted by Crippen LogP contribution is -2.36. The highest BCUT2D eigenvalue weighted by Crippen LogP contribution is 2.27. The molecule has 0 radical (unpaired) electrons. The van der Waals surface area contributed by atoms with Crippen molar-refractivity contribution in [1.82, 2.24) is 14.7 Å². The second-order valence-electron chi connectivity index (χ2n) is 5.91. The maximum atomic E-state index is 12.1. The third kappa shape index (κ3) is 3.47. The van der Waals surface area contributed by atoms with Gasteiger partial charge in [-0.25, -0.2) is 9.78 Å². The molecule has 2 heterocycles. The number of ether oxygens (including phenoxy) is 1. The third-order valence-corrected chi connectivity index (χ3v) is 4.06. The van der Waals surface area contributed by atoms with E-state index in [-0.39, 0.29) is 17.9 Å². The number of pyridine rings is 1. The maximum absolute atomic E-state index is 12.1. The summed E-state index contributed by atoms with van der Waals surface area (Å²) in [6.07, 6.45) is 2.85. The predicted molar refractivity (Wildman–Crippen MR) is 91.5 cm³/mol. The topological polar surface area (TPSA) is 67.7 Å². The molecule has 0 aliphatic rings. The fourth-order valence-corrected chi connectivity index (χ4v) is 2.71. The lowest BCUT2D eigenvalue weighted by molar-refractivity contribution is -0.142. The number of imidazole rings is 1. The van der Waals surface area contributed by atoms with Crippen LogP contribution in [-0.4, -0.2) is 35.6 Å². The minimum atomic E-state index is -0.423. The van der Waals surface area contributed by atoms with Gasteiger partial charge in [-0.05, 0) is 31.5 Å². The van der Waals surface area contributed by atoms with E-state index in [1.807, 2.05) is 49.7 Å². The number of fused-ring (bicyclic) bond motifs is 1. The molecule has 0 aromatic carbocycles. The van der Waals surface area contributed by atoms with Gasteiger partial charge in [0.1, 0.15) is 23.2 Å². The van der Waals surface area contributed by atoms with Gasteiger partial charge >= 0.3 is 5.97 Å². The average Bonchev–Trinajstić information content (AvgIpc) is 2.91. The van der Waals surface area contributed by atoms with E-state index in [1.54, 1.807) is 0 Å². The van der Waals surface area contributed by atoms with Gasteiger partial charge in [-0.15, -0.1) is 0 Å². The smallest absolute Gasteiger partial charge is 0.328 e. The highest BCUT2D eigenvalue weighted by molar-refractivity contribution is 5.79. The van der Waals surface area contributed by atoms with Crippen molar-refractivity contribution in [2.45, 2.75) is 39.3 Å². The van der Waals surface area contributed by atoms with E-state index in [4.69, 9.17) is 9.72 Å². The van der Waals surface area contributed by atoms with Crippen LogP contribution < -0.4 is 10.6 Å². The van der Waals surface area contributed by atoms with Crippen molar-refractivity contribution >= 4 is 17.4 Å². The Morgan fingerprint density at radius 2 is 2.13 bits per heavy atom. The first-order valence-electron chi connectivity index (χ1n) is 8.02. The summed E-state index contributed by atoms with van der Waals surface area (Å²) in [6.45, 7) is 6.09. The molecule has 0 aliphatic carbocycles. The lowest BCUT2D eigenvalue weighted by atomic mass is 10.0. The normalized spacial score (nSPS) is 14.0. The SMILES string of the molecule is CCC(NC)c1nc2ccccn2c1NC(C(=O)OC)C(C)C. The first kappa shape index (κ1) is 17.3. The summed E-state index contributed by atoms with van der Waals surface area (Å²) in [5.41, 5.74) is 1.77. The first-order valence-corrected chi connectivity index (χ1v) is 8.02. The van der Waals surface area contributed by atoms with Crippen LogP contribution in [0.2, 0.25) is 0 Å². The predicted octanol–water partition coefficient (Wildman–Crippen LogP) is 2.61. The van der Waals surface area contributed by atoms with Crippen LogP contribution in [0.15, 0.2) is 24.4 Å². The van der Waals surface area contributed by atoms with Crippen molar-refractivity contribution in [1.29, 1.82) is 0 Å². The molecule has 0 bridgehead atoms. The Labute approximate surface area is 137 Å². The Bertz CT molecular complexity index is 662. The number of rotatable bonds is 7. The number of esters is 1. The second kappa shape index (κ2) is 7.46. The molecular weight excluding hydrogens is 292 g/mol. The van der Waals surface area contributed by atoms with E-state index in [0.29, 0.717) is 0 Å². The Hall–Kier alpha value is -2.08. The van der Waals surface area contributed by atoms with Crippen LogP contribution in [0, 0.1) is 5.92 Å². The summed E-state index contributed by atoms with van der Waals surface area (Å²) >= 11 is 0. The van der Waals surface area contributed by atoms with Gasteiger partial charge in [-0.3, -0.25) is 4.40 Å². The number of aromatic nitrogens is 2. The van der Waals surface area contributed by atoms with Crippen LogP contribution in [0.3, 0.4) is 0 Å². The highest BCUT2D eigenvalue weighted by Gasteiger charge is 2.27. The second-order valence-corrected chi connectivity index (χ2v) is 5.91. The molecule has 0 saturated carbocycles. The molecule has 0 saturated heterocycles. The van der Waals surface area contributed by atoms with E-state index in [9.17, 15) is 4.79 Å². The monoisotopic (exact) mass is 318 g/mol. The molecule has 2 rings (SSSR count). The van der Waals surface area contributed by atoms with Gasteiger partial charge in [0.05, 0.1) is 13.2 Å². The van der Waals surface area contributed by atoms with Crippen LogP contribution in [-0.2, 0) is 9.53 Å². The number of nitrogens with one attached hydrogen (secondary N) is 2. The number of anilines is 1. The average molecular weight is 318 g/mol. The van der Waals surface area contributed by atoms with Gasteiger partial charge in [0.25, 0.3) is 0 Å². The number of carbonyl (C=O) groups excluding carboxylic acids is 1. The van der Waals surface area contributed by atoms with E-state index in [0.717, 1.165) is 23.6 Å². The minimum Gasteiger partial charge on any atom is -0.467 e. The molecular formula is C17H26N4O2. The number of hydrogen-bond donors (Lipinski definition) is 2. The van der Waals surface area contributed by atoms with Gasteiger partial charge in [-0.2, -0.15) is 0 Å². The van der Waals surface area contributed by atoms with Crippen molar-refractivity contribution in [3.05, 3.63) is 30.1 Å². The zero-order valence-corrected chi connectivity index (χ0v) is 14.5. The highest BCUT2D eigenvalue weighted by atomic mass is 16.5. The number of carbonyl (C=O) groups is 1. The Kier molecular flexibility index (Phi) is 5.60. The van der Waals surface area contributed by atoms with E-state index in [1.165, 1.54) is 7.11 Å². The quantitative estimate of drug-likeness (QED) is 0.768. The lowest BCUT2D eigenvalue weighted by Gasteiger charge is -2.23. The largest absolute Gasteiger partial charge is 0.467 e. The molecule has 0 spiro atoms. The maximum Gasteiger partial charge on any atom is 0.328 e. The van der Waals surface area contributed by atoms with Gasteiger partial charge in [0, 0.05) is 6.20 Å². The van der Waals surface area contributed by atoms with Gasteiger partial charge in [-0.1, -0.05) is 26.8 Å².